The average molecular weight is 247 g/mol. The lowest BCUT2D eigenvalue weighted by molar-refractivity contribution is 0.0517. The topological polar surface area (TPSA) is 93.5 Å². The van der Waals surface area contributed by atoms with Crippen molar-refractivity contribution >= 4 is 17.0 Å². The van der Waals surface area contributed by atoms with Crippen molar-refractivity contribution < 1.29 is 23.0 Å². The number of ether oxygens (including phenoxy) is 2. The molecule has 1 aromatic heterocycles. The summed E-state index contributed by atoms with van der Waals surface area (Å²) in [6, 6.07) is 0. The summed E-state index contributed by atoms with van der Waals surface area (Å²) in [6.45, 7) is 1.76. The third-order valence-corrected chi connectivity index (χ3v) is 2.58. The van der Waals surface area contributed by atoms with Crippen molar-refractivity contribution in [2.75, 3.05) is 13.7 Å². The Morgan fingerprint density at radius 2 is 2.25 bits per heavy atom. The fourth-order valence-corrected chi connectivity index (χ4v) is 1.79. The second kappa shape index (κ2) is 5.08. The van der Waals surface area contributed by atoms with Crippen LogP contribution < -0.4 is 4.74 Å². The lowest BCUT2D eigenvalue weighted by Crippen LogP contribution is -2.10. The zero-order chi connectivity index (χ0) is 12.3. The number of hydrogen-bond acceptors (Lipinski definition) is 6. The first-order chi connectivity index (χ1) is 7.52. The third-order valence-electron chi connectivity index (χ3n) is 1.79. The first-order valence-corrected chi connectivity index (χ1v) is 5.47. The van der Waals surface area contributed by atoms with Crippen molar-refractivity contribution in [3.63, 3.8) is 0 Å². The molecule has 0 fully saturated rings. The maximum Gasteiger partial charge on any atom is 0.346 e. The van der Waals surface area contributed by atoms with E-state index in [9.17, 15) is 13.6 Å². The number of hydrogen-bond donors (Lipinski definition) is 0. The van der Waals surface area contributed by atoms with Crippen molar-refractivity contribution in [1.29, 1.82) is 0 Å². The quantitative estimate of drug-likeness (QED) is 0.542. The van der Waals surface area contributed by atoms with E-state index in [1.807, 2.05) is 0 Å². The Morgan fingerprint density at radius 3 is 2.69 bits per heavy atom. The third kappa shape index (κ3) is 2.22. The van der Waals surface area contributed by atoms with Gasteiger partial charge in [0.1, 0.15) is 5.03 Å². The van der Waals surface area contributed by atoms with Gasteiger partial charge < -0.3 is 14.0 Å². The number of carbonyl (C=O) groups is 1. The molecule has 0 saturated carbocycles. The van der Waals surface area contributed by atoms with Gasteiger partial charge in [-0.15, -0.1) is 5.10 Å². The van der Waals surface area contributed by atoms with Crippen LogP contribution in [0.2, 0.25) is 0 Å². The highest BCUT2D eigenvalue weighted by Gasteiger charge is 2.25. The minimum Gasteiger partial charge on any atom is -0.767 e. The highest BCUT2D eigenvalue weighted by molar-refractivity contribution is 7.79. The van der Waals surface area contributed by atoms with Crippen LogP contribution in [0.5, 0.6) is 5.88 Å². The molecule has 8 heteroatoms. The molecular formula is C8H11N2O5S-. The van der Waals surface area contributed by atoms with Crippen LogP contribution in [0.25, 0.3) is 0 Å². The van der Waals surface area contributed by atoms with Crippen molar-refractivity contribution in [3.05, 3.63) is 5.56 Å². The maximum absolute atomic E-state index is 11.5. The molecule has 1 rings (SSSR count). The number of aromatic nitrogens is 2. The standard InChI is InChI=1S/C8H12N2O5S/c1-4-15-8(11)5-6(14-3)9-10(2)7(5)16(12)13/h4H2,1-3H3,(H,12,13)/p-1. The normalized spacial score (nSPS) is 12.2. The molecule has 0 saturated heterocycles. The van der Waals surface area contributed by atoms with E-state index < -0.39 is 17.0 Å². The number of nitrogens with zero attached hydrogens (tertiary/aromatic N) is 2. The fourth-order valence-electron chi connectivity index (χ4n) is 1.20. The molecular weight excluding hydrogens is 236 g/mol. The zero-order valence-corrected chi connectivity index (χ0v) is 9.87. The maximum atomic E-state index is 11.5. The number of esters is 1. The molecule has 1 heterocycles. The minimum atomic E-state index is -2.59. The average Bonchev–Trinajstić information content (AvgIpc) is 2.55. The smallest absolute Gasteiger partial charge is 0.346 e. The van der Waals surface area contributed by atoms with E-state index in [-0.39, 0.29) is 23.1 Å². The van der Waals surface area contributed by atoms with Crippen LogP contribution in [0, 0.1) is 0 Å². The van der Waals surface area contributed by atoms with Gasteiger partial charge in [0.05, 0.1) is 13.7 Å². The summed E-state index contributed by atoms with van der Waals surface area (Å²) in [7, 11) is 2.69. The van der Waals surface area contributed by atoms with Crippen LogP contribution >= 0.6 is 0 Å². The second-order valence-corrected chi connectivity index (χ2v) is 3.62. The zero-order valence-electron chi connectivity index (χ0n) is 9.05. The van der Waals surface area contributed by atoms with E-state index in [0.29, 0.717) is 0 Å². The van der Waals surface area contributed by atoms with Gasteiger partial charge in [0.25, 0.3) is 0 Å². The highest BCUT2D eigenvalue weighted by atomic mass is 32.2. The van der Waals surface area contributed by atoms with Gasteiger partial charge in [0, 0.05) is 7.05 Å². The summed E-state index contributed by atoms with van der Waals surface area (Å²) in [5.74, 6) is -0.841. The van der Waals surface area contributed by atoms with E-state index >= 15 is 0 Å². The SMILES string of the molecule is CCOC(=O)c1c(OC)nn(C)c1S(=O)[O-]. The first kappa shape index (κ1) is 12.7. The van der Waals surface area contributed by atoms with Crippen LogP contribution in [-0.2, 0) is 22.9 Å². The molecule has 1 aromatic rings. The lowest BCUT2D eigenvalue weighted by Gasteiger charge is -2.07. The van der Waals surface area contributed by atoms with E-state index in [1.165, 1.54) is 14.2 Å². The van der Waals surface area contributed by atoms with Gasteiger partial charge in [0.2, 0.25) is 5.88 Å². The molecule has 0 aliphatic carbocycles. The fraction of sp³-hybridized carbons (Fsp3) is 0.500. The molecule has 90 valence electrons. The number of rotatable bonds is 4. The van der Waals surface area contributed by atoms with E-state index in [4.69, 9.17) is 9.47 Å². The second-order valence-electron chi connectivity index (χ2n) is 2.77. The van der Waals surface area contributed by atoms with Crippen molar-refractivity contribution in [2.24, 2.45) is 7.05 Å². The Morgan fingerprint density at radius 1 is 1.62 bits per heavy atom. The Labute approximate surface area is 94.6 Å². The van der Waals surface area contributed by atoms with Gasteiger partial charge in [-0.3, -0.25) is 8.89 Å². The van der Waals surface area contributed by atoms with Crippen LogP contribution in [0.4, 0.5) is 0 Å². The lowest BCUT2D eigenvalue weighted by atomic mass is 10.3. The minimum absolute atomic E-state index is 0.0693. The molecule has 16 heavy (non-hydrogen) atoms. The molecule has 0 aromatic carbocycles. The molecule has 0 N–H and O–H groups in total. The summed E-state index contributed by atoms with van der Waals surface area (Å²) in [4.78, 5) is 11.5. The van der Waals surface area contributed by atoms with Crippen molar-refractivity contribution in [3.8, 4) is 5.88 Å². The molecule has 0 aliphatic heterocycles. The highest BCUT2D eigenvalue weighted by Crippen LogP contribution is 2.23. The number of aryl methyl sites for hydroxylation is 1. The summed E-state index contributed by atoms with van der Waals surface area (Å²) in [5, 5.41) is 3.50. The summed E-state index contributed by atoms with van der Waals surface area (Å²) in [5.41, 5.74) is -0.180. The molecule has 7 nitrogen and oxygen atoms in total. The predicted octanol–water partition coefficient (Wildman–Crippen LogP) is -0.157. The van der Waals surface area contributed by atoms with Crippen LogP contribution in [0.1, 0.15) is 17.3 Å². The van der Waals surface area contributed by atoms with Gasteiger partial charge >= 0.3 is 5.97 Å². The molecule has 0 spiro atoms. The van der Waals surface area contributed by atoms with Crippen LogP contribution in [-0.4, -0.2) is 38.2 Å². The molecule has 0 bridgehead atoms. The van der Waals surface area contributed by atoms with Gasteiger partial charge in [-0.1, -0.05) is 0 Å². The van der Waals surface area contributed by atoms with Gasteiger partial charge in [0.15, 0.2) is 5.56 Å². The predicted molar refractivity (Wildman–Crippen MR) is 52.9 cm³/mol. The first-order valence-electron chi connectivity index (χ1n) is 4.40. The van der Waals surface area contributed by atoms with Gasteiger partial charge in [-0.25, -0.2) is 4.79 Å². The summed E-state index contributed by atoms with van der Waals surface area (Å²) >= 11 is -2.59. The van der Waals surface area contributed by atoms with Crippen LogP contribution in [0.3, 0.4) is 0 Å². The van der Waals surface area contributed by atoms with E-state index in [2.05, 4.69) is 5.10 Å². The Bertz CT molecular complexity index is 428. The Balaban J connectivity index is 3.32. The molecule has 0 amide bonds. The number of methoxy groups -OCH3 is 1. The Hall–Kier alpha value is -1.41. The van der Waals surface area contributed by atoms with Crippen LogP contribution in [0.15, 0.2) is 5.03 Å². The number of carbonyl (C=O) groups excluding carboxylic acids is 1. The Kier molecular flexibility index (Phi) is 4.02. The van der Waals surface area contributed by atoms with E-state index in [1.54, 1.807) is 6.92 Å². The molecule has 1 unspecified atom stereocenters. The summed E-state index contributed by atoms with van der Waals surface area (Å²) in [6.07, 6.45) is 0. The largest absolute Gasteiger partial charge is 0.767 e. The van der Waals surface area contributed by atoms with Crippen molar-refractivity contribution in [1.82, 2.24) is 9.78 Å². The molecule has 1 atom stereocenters. The van der Waals surface area contributed by atoms with E-state index in [0.717, 1.165) is 4.68 Å². The van der Waals surface area contributed by atoms with Gasteiger partial charge in [-0.2, -0.15) is 0 Å². The monoisotopic (exact) mass is 247 g/mol. The summed E-state index contributed by atoms with van der Waals surface area (Å²) < 4.78 is 32.5. The molecule has 0 radical (unpaired) electrons. The van der Waals surface area contributed by atoms with Gasteiger partial charge in [-0.05, 0) is 18.0 Å². The van der Waals surface area contributed by atoms with Crippen molar-refractivity contribution in [2.45, 2.75) is 11.9 Å². The molecule has 0 aliphatic rings.